The summed E-state index contributed by atoms with van der Waals surface area (Å²) in [6.07, 6.45) is 11.9. The molecule has 96 valence electrons. The van der Waals surface area contributed by atoms with Crippen LogP contribution in [0.25, 0.3) is 0 Å². The summed E-state index contributed by atoms with van der Waals surface area (Å²) in [4.78, 5) is 4.39. The number of ether oxygens (including phenoxy) is 1. The summed E-state index contributed by atoms with van der Waals surface area (Å²) in [6.45, 7) is 1.60. The number of aromatic nitrogens is 2. The molecule has 2 rings (SSSR count). The lowest BCUT2D eigenvalue weighted by Gasteiger charge is -2.17. The lowest BCUT2D eigenvalue weighted by molar-refractivity contribution is 0.187. The molecule has 1 fully saturated rings. The molecule has 0 unspecified atom stereocenters. The van der Waals surface area contributed by atoms with E-state index in [0.717, 1.165) is 19.1 Å². The molecule has 0 aromatic carbocycles. The predicted octanol–water partition coefficient (Wildman–Crippen LogP) is 2.66. The van der Waals surface area contributed by atoms with Crippen LogP contribution < -0.4 is 5.32 Å². The first kappa shape index (κ1) is 12.4. The number of rotatable bonds is 5. The smallest absolute Gasteiger partial charge is 0.203 e. The van der Waals surface area contributed by atoms with Crippen molar-refractivity contribution in [2.24, 2.45) is 0 Å². The first-order chi connectivity index (χ1) is 8.40. The topological polar surface area (TPSA) is 39.1 Å². The molecule has 1 aliphatic rings. The molecule has 1 aliphatic carbocycles. The maximum absolute atomic E-state index is 5.10. The van der Waals surface area contributed by atoms with Gasteiger partial charge in [0.2, 0.25) is 5.95 Å². The Hall–Kier alpha value is -1.03. The largest absolute Gasteiger partial charge is 0.383 e. The molecule has 1 aromatic rings. The Bertz CT molecular complexity index is 316. The van der Waals surface area contributed by atoms with Crippen LogP contribution in [0.5, 0.6) is 0 Å². The van der Waals surface area contributed by atoms with E-state index in [1.54, 1.807) is 7.11 Å². The second kappa shape index (κ2) is 6.64. The highest BCUT2D eigenvalue weighted by Crippen LogP contribution is 2.20. The standard InChI is InChI=1S/C13H23N3O/c1-17-11-10-16-9-8-14-13(16)15-12-6-4-2-3-5-7-12/h8-9,12H,2-7,10-11H2,1H3,(H,14,15). The van der Waals surface area contributed by atoms with Crippen LogP contribution in [-0.4, -0.2) is 29.3 Å². The number of nitrogens with zero attached hydrogens (tertiary/aromatic N) is 2. The van der Waals surface area contributed by atoms with Crippen molar-refractivity contribution >= 4 is 5.95 Å². The van der Waals surface area contributed by atoms with Gasteiger partial charge in [0.15, 0.2) is 0 Å². The minimum atomic E-state index is 0.598. The predicted molar refractivity (Wildman–Crippen MR) is 69.2 cm³/mol. The van der Waals surface area contributed by atoms with Crippen LogP contribution in [0, 0.1) is 0 Å². The molecule has 1 N–H and O–H groups in total. The van der Waals surface area contributed by atoms with E-state index in [9.17, 15) is 0 Å². The van der Waals surface area contributed by atoms with Crippen LogP contribution in [0.2, 0.25) is 0 Å². The van der Waals surface area contributed by atoms with E-state index < -0.39 is 0 Å². The van der Waals surface area contributed by atoms with E-state index in [1.165, 1.54) is 38.5 Å². The van der Waals surface area contributed by atoms with Crippen molar-refractivity contribution < 1.29 is 4.74 Å². The minimum absolute atomic E-state index is 0.598. The van der Waals surface area contributed by atoms with E-state index in [0.29, 0.717) is 6.04 Å². The molecule has 1 aromatic heterocycles. The maximum Gasteiger partial charge on any atom is 0.203 e. The number of hydrogen-bond acceptors (Lipinski definition) is 3. The molecule has 4 heteroatoms. The SMILES string of the molecule is COCCn1ccnc1NC1CCCCCC1. The Kier molecular flexibility index (Phi) is 4.86. The molecular weight excluding hydrogens is 214 g/mol. The Morgan fingerprint density at radius 1 is 1.35 bits per heavy atom. The van der Waals surface area contributed by atoms with E-state index >= 15 is 0 Å². The summed E-state index contributed by atoms with van der Waals surface area (Å²) in [6, 6.07) is 0.598. The first-order valence-corrected chi connectivity index (χ1v) is 6.67. The summed E-state index contributed by atoms with van der Waals surface area (Å²) >= 11 is 0. The fourth-order valence-corrected chi connectivity index (χ4v) is 2.43. The molecule has 0 atom stereocenters. The van der Waals surface area contributed by atoms with Gasteiger partial charge in [-0.2, -0.15) is 0 Å². The number of hydrogen-bond donors (Lipinski definition) is 1. The van der Waals surface area contributed by atoms with E-state index in [2.05, 4.69) is 14.9 Å². The average molecular weight is 237 g/mol. The molecule has 1 saturated carbocycles. The molecular formula is C13H23N3O. The van der Waals surface area contributed by atoms with Gasteiger partial charge in [-0.1, -0.05) is 25.7 Å². The molecule has 0 radical (unpaired) electrons. The van der Waals surface area contributed by atoms with Crippen molar-refractivity contribution in [3.05, 3.63) is 12.4 Å². The van der Waals surface area contributed by atoms with Crippen molar-refractivity contribution in [1.82, 2.24) is 9.55 Å². The van der Waals surface area contributed by atoms with Gasteiger partial charge in [-0.25, -0.2) is 4.98 Å². The van der Waals surface area contributed by atoms with Crippen molar-refractivity contribution in [1.29, 1.82) is 0 Å². The number of imidazole rings is 1. The van der Waals surface area contributed by atoms with Crippen LogP contribution in [0.15, 0.2) is 12.4 Å². The highest BCUT2D eigenvalue weighted by molar-refractivity contribution is 5.27. The third kappa shape index (κ3) is 3.73. The third-order valence-corrected chi connectivity index (χ3v) is 3.44. The van der Waals surface area contributed by atoms with Gasteiger partial charge in [-0.3, -0.25) is 0 Å². The molecule has 0 spiro atoms. The quantitative estimate of drug-likeness (QED) is 0.800. The van der Waals surface area contributed by atoms with Gasteiger partial charge >= 0.3 is 0 Å². The second-order valence-corrected chi connectivity index (χ2v) is 4.77. The van der Waals surface area contributed by atoms with Crippen molar-refractivity contribution in [3.63, 3.8) is 0 Å². The monoisotopic (exact) mass is 237 g/mol. The van der Waals surface area contributed by atoms with Crippen molar-refractivity contribution in [2.45, 2.75) is 51.1 Å². The molecule has 0 aliphatic heterocycles. The fourth-order valence-electron chi connectivity index (χ4n) is 2.43. The fraction of sp³-hybridized carbons (Fsp3) is 0.769. The number of anilines is 1. The lowest BCUT2D eigenvalue weighted by atomic mass is 10.1. The maximum atomic E-state index is 5.10. The number of methoxy groups -OCH3 is 1. The Labute approximate surface area is 103 Å². The Balaban J connectivity index is 1.90. The highest BCUT2D eigenvalue weighted by Gasteiger charge is 2.13. The molecule has 0 bridgehead atoms. The Morgan fingerprint density at radius 3 is 2.82 bits per heavy atom. The van der Waals surface area contributed by atoms with E-state index in [1.807, 2.05) is 12.4 Å². The van der Waals surface area contributed by atoms with Gasteiger partial charge in [-0.15, -0.1) is 0 Å². The van der Waals surface area contributed by atoms with Gasteiger partial charge in [0, 0.05) is 32.1 Å². The minimum Gasteiger partial charge on any atom is -0.383 e. The summed E-state index contributed by atoms with van der Waals surface area (Å²) in [5.74, 6) is 0.994. The molecule has 0 amide bonds. The zero-order valence-corrected chi connectivity index (χ0v) is 10.7. The lowest BCUT2D eigenvalue weighted by Crippen LogP contribution is -2.21. The van der Waals surface area contributed by atoms with Gasteiger partial charge in [-0.05, 0) is 12.8 Å². The highest BCUT2D eigenvalue weighted by atomic mass is 16.5. The average Bonchev–Trinajstić information content (AvgIpc) is 2.61. The van der Waals surface area contributed by atoms with Crippen LogP contribution in [0.1, 0.15) is 38.5 Å². The van der Waals surface area contributed by atoms with Crippen LogP contribution >= 0.6 is 0 Å². The molecule has 1 heterocycles. The van der Waals surface area contributed by atoms with Crippen molar-refractivity contribution in [3.8, 4) is 0 Å². The van der Waals surface area contributed by atoms with Crippen LogP contribution in [-0.2, 0) is 11.3 Å². The molecule has 17 heavy (non-hydrogen) atoms. The first-order valence-electron chi connectivity index (χ1n) is 6.67. The summed E-state index contributed by atoms with van der Waals surface area (Å²) in [5.41, 5.74) is 0. The van der Waals surface area contributed by atoms with Gasteiger partial charge in [0.25, 0.3) is 0 Å². The second-order valence-electron chi connectivity index (χ2n) is 4.77. The molecule has 0 saturated heterocycles. The number of nitrogens with one attached hydrogen (secondary N) is 1. The summed E-state index contributed by atoms with van der Waals surface area (Å²) < 4.78 is 7.24. The van der Waals surface area contributed by atoms with Gasteiger partial charge in [0.1, 0.15) is 0 Å². The summed E-state index contributed by atoms with van der Waals surface area (Å²) in [5, 5.41) is 3.57. The normalized spacial score (nSPS) is 17.9. The zero-order valence-electron chi connectivity index (χ0n) is 10.7. The van der Waals surface area contributed by atoms with E-state index in [-0.39, 0.29) is 0 Å². The van der Waals surface area contributed by atoms with Crippen LogP contribution in [0.3, 0.4) is 0 Å². The van der Waals surface area contributed by atoms with Crippen molar-refractivity contribution in [2.75, 3.05) is 19.0 Å². The van der Waals surface area contributed by atoms with Gasteiger partial charge in [0.05, 0.1) is 6.61 Å². The van der Waals surface area contributed by atoms with Crippen LogP contribution in [0.4, 0.5) is 5.95 Å². The summed E-state index contributed by atoms with van der Waals surface area (Å²) in [7, 11) is 1.73. The van der Waals surface area contributed by atoms with E-state index in [4.69, 9.17) is 4.74 Å². The third-order valence-electron chi connectivity index (χ3n) is 3.44. The zero-order chi connectivity index (χ0) is 11.9. The Morgan fingerprint density at radius 2 is 2.12 bits per heavy atom. The van der Waals surface area contributed by atoms with Gasteiger partial charge < -0.3 is 14.6 Å². The molecule has 4 nitrogen and oxygen atoms in total.